The molecule has 0 fully saturated rings. The van der Waals surface area contributed by atoms with E-state index >= 15 is 0 Å². The summed E-state index contributed by atoms with van der Waals surface area (Å²) in [6.45, 7) is 2.42. The van der Waals surface area contributed by atoms with E-state index < -0.39 is 0 Å². The first-order chi connectivity index (χ1) is 10.1. The summed E-state index contributed by atoms with van der Waals surface area (Å²) in [4.78, 5) is 23.3. The number of benzene rings is 1. The summed E-state index contributed by atoms with van der Waals surface area (Å²) in [5, 5.41) is 2.75. The van der Waals surface area contributed by atoms with Crippen molar-refractivity contribution in [1.29, 1.82) is 0 Å². The number of rotatable bonds is 5. The van der Waals surface area contributed by atoms with Gasteiger partial charge in [0, 0.05) is 25.2 Å². The van der Waals surface area contributed by atoms with E-state index in [-0.39, 0.29) is 17.3 Å². The van der Waals surface area contributed by atoms with Crippen LogP contribution in [0.3, 0.4) is 0 Å². The zero-order valence-corrected chi connectivity index (χ0v) is 11.8. The molecule has 0 spiro atoms. The zero-order valence-electron chi connectivity index (χ0n) is 11.8. The number of carbonyl (C=O) groups excluding carboxylic acids is 1. The van der Waals surface area contributed by atoms with Gasteiger partial charge in [-0.15, -0.1) is 0 Å². The van der Waals surface area contributed by atoms with Crippen molar-refractivity contribution in [2.75, 3.05) is 5.32 Å². The maximum absolute atomic E-state index is 12.8. The topological polar surface area (TPSA) is 51.1 Å². The van der Waals surface area contributed by atoms with Crippen LogP contribution in [0.2, 0.25) is 0 Å². The molecule has 0 radical (unpaired) electrons. The second-order valence-corrected chi connectivity index (χ2v) is 4.72. The highest BCUT2D eigenvalue weighted by atomic mass is 19.1. The highest BCUT2D eigenvalue weighted by Gasteiger charge is 2.04. The molecule has 2 aromatic rings. The van der Waals surface area contributed by atoms with E-state index in [1.165, 1.54) is 22.8 Å². The summed E-state index contributed by atoms with van der Waals surface area (Å²) in [7, 11) is 0. The van der Waals surface area contributed by atoms with Crippen LogP contribution < -0.4 is 10.9 Å². The fourth-order valence-corrected chi connectivity index (χ4v) is 1.98. The number of hydrogen-bond acceptors (Lipinski definition) is 2. The van der Waals surface area contributed by atoms with Crippen molar-refractivity contribution in [3.8, 4) is 0 Å². The minimum absolute atomic E-state index is 0.0955. The van der Waals surface area contributed by atoms with Gasteiger partial charge in [0.2, 0.25) is 5.91 Å². The fourth-order valence-electron chi connectivity index (χ4n) is 1.98. The molecule has 1 aromatic heterocycles. The number of nitrogens with one attached hydrogen (secondary N) is 1. The van der Waals surface area contributed by atoms with E-state index in [9.17, 15) is 14.0 Å². The van der Waals surface area contributed by atoms with Crippen molar-refractivity contribution < 1.29 is 9.18 Å². The molecular weight excluding hydrogens is 271 g/mol. The van der Waals surface area contributed by atoms with Gasteiger partial charge in [-0.05, 0) is 37.1 Å². The number of anilines is 1. The average molecular weight is 288 g/mol. The molecule has 0 aliphatic heterocycles. The fraction of sp³-hybridized carbons (Fsp3) is 0.250. The number of hydrogen-bond donors (Lipinski definition) is 1. The van der Waals surface area contributed by atoms with E-state index in [2.05, 4.69) is 5.32 Å². The van der Waals surface area contributed by atoms with Crippen LogP contribution in [0.15, 0.2) is 47.4 Å². The minimum atomic E-state index is -0.287. The lowest BCUT2D eigenvalue weighted by molar-refractivity contribution is -0.116. The predicted molar refractivity (Wildman–Crippen MR) is 79.7 cm³/mol. The third-order valence-corrected chi connectivity index (χ3v) is 3.16. The number of carbonyl (C=O) groups is 1. The first kappa shape index (κ1) is 15.0. The zero-order chi connectivity index (χ0) is 15.2. The SMILES string of the molecule is CCn1cc(NC(=O)CCc2ccc(F)cc2)ccc1=O. The molecule has 1 heterocycles. The summed E-state index contributed by atoms with van der Waals surface area (Å²) in [5.74, 6) is -0.425. The molecule has 0 bridgehead atoms. The number of aryl methyl sites for hydroxylation is 2. The maximum Gasteiger partial charge on any atom is 0.250 e. The average Bonchev–Trinajstić information content (AvgIpc) is 2.48. The summed E-state index contributed by atoms with van der Waals surface area (Å²) < 4.78 is 14.3. The van der Waals surface area contributed by atoms with Crippen molar-refractivity contribution in [1.82, 2.24) is 4.57 Å². The summed E-state index contributed by atoms with van der Waals surface area (Å²) in [5.41, 5.74) is 1.41. The summed E-state index contributed by atoms with van der Waals surface area (Å²) >= 11 is 0. The Labute approximate surface area is 122 Å². The molecular formula is C16H17FN2O2. The molecule has 1 amide bonds. The Kier molecular flexibility index (Phi) is 4.87. The largest absolute Gasteiger partial charge is 0.325 e. The van der Waals surface area contributed by atoms with Crippen LogP contribution in [0.5, 0.6) is 0 Å². The molecule has 0 unspecified atom stereocenters. The van der Waals surface area contributed by atoms with Crippen LogP contribution in [0.1, 0.15) is 18.9 Å². The molecule has 4 nitrogen and oxygen atoms in total. The van der Waals surface area contributed by atoms with Crippen LogP contribution in [-0.2, 0) is 17.8 Å². The van der Waals surface area contributed by atoms with Crippen LogP contribution in [0, 0.1) is 5.82 Å². The molecule has 5 heteroatoms. The third-order valence-electron chi connectivity index (χ3n) is 3.16. The Hall–Kier alpha value is -2.43. The van der Waals surface area contributed by atoms with Crippen molar-refractivity contribution in [2.45, 2.75) is 26.3 Å². The summed E-state index contributed by atoms with van der Waals surface area (Å²) in [6, 6.07) is 9.11. The van der Waals surface area contributed by atoms with Crippen LogP contribution in [0.4, 0.5) is 10.1 Å². The molecule has 0 saturated heterocycles. The monoisotopic (exact) mass is 288 g/mol. The molecule has 0 aliphatic carbocycles. The number of aromatic nitrogens is 1. The molecule has 1 N–H and O–H groups in total. The normalized spacial score (nSPS) is 10.4. The molecule has 0 atom stereocenters. The number of amides is 1. The van der Waals surface area contributed by atoms with Gasteiger partial charge >= 0.3 is 0 Å². The summed E-state index contributed by atoms with van der Waals surface area (Å²) in [6.07, 6.45) is 2.47. The van der Waals surface area contributed by atoms with Gasteiger partial charge in [0.25, 0.3) is 5.56 Å². The van der Waals surface area contributed by atoms with Crippen molar-refractivity contribution in [3.63, 3.8) is 0 Å². The lowest BCUT2D eigenvalue weighted by atomic mass is 10.1. The van der Waals surface area contributed by atoms with E-state index in [0.29, 0.717) is 25.1 Å². The molecule has 110 valence electrons. The van der Waals surface area contributed by atoms with Gasteiger partial charge in [-0.2, -0.15) is 0 Å². The van der Waals surface area contributed by atoms with E-state index in [4.69, 9.17) is 0 Å². The van der Waals surface area contributed by atoms with Crippen LogP contribution in [0.25, 0.3) is 0 Å². The van der Waals surface area contributed by atoms with E-state index in [1.54, 1.807) is 24.4 Å². The van der Waals surface area contributed by atoms with Gasteiger partial charge in [-0.3, -0.25) is 9.59 Å². The van der Waals surface area contributed by atoms with E-state index in [1.807, 2.05) is 6.92 Å². The van der Waals surface area contributed by atoms with E-state index in [0.717, 1.165) is 5.56 Å². The molecule has 0 aliphatic rings. The first-order valence-electron chi connectivity index (χ1n) is 6.83. The Balaban J connectivity index is 1.92. The van der Waals surface area contributed by atoms with Crippen molar-refractivity contribution in [3.05, 3.63) is 64.3 Å². The third kappa shape index (κ3) is 4.27. The highest BCUT2D eigenvalue weighted by Crippen LogP contribution is 2.08. The lowest BCUT2D eigenvalue weighted by Crippen LogP contribution is -2.19. The Bertz CT molecular complexity index is 677. The van der Waals surface area contributed by atoms with Gasteiger partial charge in [0.05, 0.1) is 5.69 Å². The smallest absolute Gasteiger partial charge is 0.250 e. The van der Waals surface area contributed by atoms with Crippen LogP contribution in [-0.4, -0.2) is 10.5 Å². The van der Waals surface area contributed by atoms with Gasteiger partial charge in [0.1, 0.15) is 5.82 Å². The molecule has 21 heavy (non-hydrogen) atoms. The highest BCUT2D eigenvalue weighted by molar-refractivity contribution is 5.90. The maximum atomic E-state index is 12.8. The lowest BCUT2D eigenvalue weighted by Gasteiger charge is -2.08. The Morgan fingerprint density at radius 1 is 1.19 bits per heavy atom. The second-order valence-electron chi connectivity index (χ2n) is 4.72. The Morgan fingerprint density at radius 3 is 2.57 bits per heavy atom. The second kappa shape index (κ2) is 6.83. The van der Waals surface area contributed by atoms with Gasteiger partial charge in [-0.25, -0.2) is 4.39 Å². The number of nitrogens with zero attached hydrogens (tertiary/aromatic N) is 1. The molecule has 1 aromatic carbocycles. The minimum Gasteiger partial charge on any atom is -0.325 e. The Morgan fingerprint density at radius 2 is 1.90 bits per heavy atom. The van der Waals surface area contributed by atoms with Crippen LogP contribution >= 0.6 is 0 Å². The van der Waals surface area contributed by atoms with Crippen molar-refractivity contribution in [2.24, 2.45) is 0 Å². The predicted octanol–water partition coefficient (Wildman–Crippen LogP) is 2.58. The van der Waals surface area contributed by atoms with Gasteiger partial charge in [-0.1, -0.05) is 12.1 Å². The van der Waals surface area contributed by atoms with Gasteiger partial charge in [0.15, 0.2) is 0 Å². The standard InChI is InChI=1S/C16H17FN2O2/c1-2-19-11-14(8-10-16(19)21)18-15(20)9-5-12-3-6-13(17)7-4-12/h3-4,6-8,10-11H,2,5,9H2,1H3,(H,18,20). The van der Waals surface area contributed by atoms with Crippen molar-refractivity contribution >= 4 is 11.6 Å². The quantitative estimate of drug-likeness (QED) is 0.919. The number of halogens is 1. The first-order valence-corrected chi connectivity index (χ1v) is 6.83. The van der Waals surface area contributed by atoms with Gasteiger partial charge < -0.3 is 9.88 Å². The molecule has 0 saturated carbocycles. The molecule has 2 rings (SSSR count). The number of pyridine rings is 1.